The van der Waals surface area contributed by atoms with Crippen LogP contribution in [0.3, 0.4) is 0 Å². The summed E-state index contributed by atoms with van der Waals surface area (Å²) in [5.74, 6) is -2.01. The number of aliphatic hydroxyl groups is 10. The van der Waals surface area contributed by atoms with E-state index in [2.05, 4.69) is 45.1 Å². The number of phosphoric acid groups is 1. The Balaban J connectivity index is 1.75. The standard InChI is InChI=1S/C69H125O24P/c1-4-7-10-13-16-19-22-24-25-27-30-31-34-37-40-43-53(71)85-47-50(88-55(73)45-42-39-36-33-28-21-18-15-12-9-6-3)48-87-94(83,84)93-67-65(91-68-63(81)58(76)56(74)51(46-70)89-68)61(79)60(78)62(80)66(67)92-69-64(82)59(77)57(75)52(90-69)49-86-54(72)44-41-38-35-32-29-26-23-20-17-14-11-8-5-2/h19,22,26,29,50-52,56-70,74-82H,4-18,20-21,23-25,27-28,30-49H2,1-3H3,(H,83,84)/b22-19-,29-26-. The highest BCUT2D eigenvalue weighted by atomic mass is 31.2. The minimum absolute atomic E-state index is 0.00807. The number of carbonyl (C=O) groups excluding carboxylic acids is 3. The molecule has 0 bridgehead atoms. The lowest BCUT2D eigenvalue weighted by atomic mass is 9.84. The number of aliphatic hydroxyl groups excluding tert-OH is 10. The van der Waals surface area contributed by atoms with Gasteiger partial charge in [0.25, 0.3) is 0 Å². The molecule has 1 aliphatic carbocycles. The summed E-state index contributed by atoms with van der Waals surface area (Å²) >= 11 is 0. The second kappa shape index (κ2) is 51.6. The first-order chi connectivity index (χ1) is 45.3. The third-order valence-electron chi connectivity index (χ3n) is 17.7. The van der Waals surface area contributed by atoms with E-state index in [4.69, 9.17) is 42.2 Å². The average Bonchev–Trinajstić information content (AvgIpc) is 0.767. The highest BCUT2D eigenvalue weighted by Gasteiger charge is 2.58. The number of carbonyl (C=O) groups is 3. The van der Waals surface area contributed by atoms with E-state index in [9.17, 15) is 74.9 Å². The van der Waals surface area contributed by atoms with Crippen molar-refractivity contribution in [1.82, 2.24) is 0 Å². The third-order valence-corrected chi connectivity index (χ3v) is 18.7. The zero-order valence-electron chi connectivity index (χ0n) is 57.0. The Morgan fingerprint density at radius 1 is 0.404 bits per heavy atom. The molecule has 3 fully saturated rings. The van der Waals surface area contributed by atoms with Gasteiger partial charge < -0.3 is 89.1 Å². The fourth-order valence-electron chi connectivity index (χ4n) is 11.7. The van der Waals surface area contributed by atoms with Crippen molar-refractivity contribution >= 4 is 25.7 Å². The molecule has 0 aromatic rings. The van der Waals surface area contributed by atoms with Gasteiger partial charge in [-0.2, -0.15) is 0 Å². The summed E-state index contributed by atoms with van der Waals surface area (Å²) < 4.78 is 64.8. The molecule has 0 spiro atoms. The van der Waals surface area contributed by atoms with Crippen LogP contribution in [0, 0.1) is 0 Å². The molecular formula is C69H125O24P. The highest BCUT2D eigenvalue weighted by molar-refractivity contribution is 7.47. The molecule has 550 valence electrons. The lowest BCUT2D eigenvalue weighted by Crippen LogP contribution is -2.69. The molecule has 11 N–H and O–H groups in total. The minimum atomic E-state index is -5.69. The molecule has 0 amide bonds. The van der Waals surface area contributed by atoms with Gasteiger partial charge in [-0.15, -0.1) is 0 Å². The van der Waals surface area contributed by atoms with Crippen molar-refractivity contribution in [2.75, 3.05) is 26.4 Å². The minimum Gasteiger partial charge on any atom is -0.463 e. The SMILES string of the molecule is CCCCCC/C=C\CCCCCCCCCC(=O)OCC(COP(=O)(O)OC1C(OC2OC(CO)C(O)C(O)C2O)C(O)C(O)C(O)C1OC1OC(COC(=O)CCCCC/C=C\CCCCCCCC)C(O)C(O)C1O)OC(=O)CCCCCCCCCCCCC. The molecule has 2 saturated heterocycles. The number of hydrogen-bond donors (Lipinski definition) is 11. The number of rotatable bonds is 55. The molecule has 24 nitrogen and oxygen atoms in total. The zero-order valence-corrected chi connectivity index (χ0v) is 57.9. The third kappa shape index (κ3) is 35.0. The van der Waals surface area contributed by atoms with Gasteiger partial charge in [-0.1, -0.05) is 199 Å². The fraction of sp³-hybridized carbons (Fsp3) is 0.899. The Kier molecular flexibility index (Phi) is 47.0. The summed E-state index contributed by atoms with van der Waals surface area (Å²) in [6.07, 6.45) is 9.87. The monoisotopic (exact) mass is 1370 g/mol. The van der Waals surface area contributed by atoms with Gasteiger partial charge in [-0.25, -0.2) is 4.57 Å². The molecule has 3 rings (SSSR count). The Morgan fingerprint density at radius 2 is 0.745 bits per heavy atom. The number of phosphoric ester groups is 1. The van der Waals surface area contributed by atoms with Gasteiger partial charge >= 0.3 is 25.7 Å². The first-order valence-electron chi connectivity index (χ1n) is 36.1. The largest absolute Gasteiger partial charge is 0.472 e. The number of allylic oxidation sites excluding steroid dienone is 4. The number of esters is 3. The zero-order chi connectivity index (χ0) is 68.9. The van der Waals surface area contributed by atoms with E-state index < -0.39 is 156 Å². The van der Waals surface area contributed by atoms with Gasteiger partial charge in [0.1, 0.15) is 98.7 Å². The summed E-state index contributed by atoms with van der Waals surface area (Å²) in [5.41, 5.74) is 0. The van der Waals surface area contributed by atoms with Crippen LogP contribution in [0.2, 0.25) is 0 Å². The molecule has 1 saturated carbocycles. The molecule has 2 heterocycles. The second-order valence-corrected chi connectivity index (χ2v) is 27.4. The van der Waals surface area contributed by atoms with Crippen LogP contribution in [-0.2, 0) is 61.2 Å². The van der Waals surface area contributed by atoms with Gasteiger partial charge in [0.05, 0.1) is 13.2 Å². The molecule has 3 aliphatic rings. The number of hydrogen-bond acceptors (Lipinski definition) is 23. The van der Waals surface area contributed by atoms with Crippen LogP contribution in [0.1, 0.15) is 265 Å². The van der Waals surface area contributed by atoms with Crippen molar-refractivity contribution in [1.29, 1.82) is 0 Å². The summed E-state index contributed by atoms with van der Waals surface area (Å²) in [4.78, 5) is 50.8. The molecule has 94 heavy (non-hydrogen) atoms. The van der Waals surface area contributed by atoms with Crippen LogP contribution >= 0.6 is 7.82 Å². The normalized spacial score (nSPS) is 28.4. The van der Waals surface area contributed by atoms with Gasteiger partial charge in [-0.3, -0.25) is 23.4 Å². The van der Waals surface area contributed by atoms with Crippen LogP contribution in [0.4, 0.5) is 0 Å². The molecule has 0 aromatic carbocycles. The van der Waals surface area contributed by atoms with Crippen molar-refractivity contribution in [2.24, 2.45) is 0 Å². The second-order valence-electron chi connectivity index (χ2n) is 25.9. The van der Waals surface area contributed by atoms with Crippen molar-refractivity contribution in [3.63, 3.8) is 0 Å². The van der Waals surface area contributed by atoms with Crippen LogP contribution in [0.15, 0.2) is 24.3 Å². The molecule has 0 radical (unpaired) electrons. The molecule has 25 heteroatoms. The molecule has 0 aromatic heterocycles. The van der Waals surface area contributed by atoms with Crippen molar-refractivity contribution in [3.8, 4) is 0 Å². The van der Waals surface area contributed by atoms with Crippen LogP contribution in [0.25, 0.3) is 0 Å². The smallest absolute Gasteiger partial charge is 0.463 e. The lowest BCUT2D eigenvalue weighted by Gasteiger charge is -2.49. The number of ether oxygens (including phenoxy) is 7. The summed E-state index contributed by atoms with van der Waals surface area (Å²) in [6.45, 7) is 3.37. The van der Waals surface area contributed by atoms with E-state index in [-0.39, 0.29) is 19.3 Å². The van der Waals surface area contributed by atoms with E-state index in [1.807, 2.05) is 0 Å². The van der Waals surface area contributed by atoms with E-state index in [0.717, 1.165) is 116 Å². The average molecular weight is 1370 g/mol. The summed E-state index contributed by atoms with van der Waals surface area (Å²) in [7, 11) is -5.69. The Hall–Kier alpha value is -2.56. The van der Waals surface area contributed by atoms with Gasteiger partial charge in [-0.05, 0) is 70.6 Å². The van der Waals surface area contributed by atoms with Crippen LogP contribution in [0.5, 0.6) is 0 Å². The molecular weight excluding hydrogens is 1240 g/mol. The number of unbranched alkanes of at least 4 members (excludes halogenated alkanes) is 30. The summed E-state index contributed by atoms with van der Waals surface area (Å²) in [5, 5.41) is 110. The predicted octanol–water partition coefficient (Wildman–Crippen LogP) is 8.96. The lowest BCUT2D eigenvalue weighted by molar-refractivity contribution is -0.360. The topological polar surface area (TPSA) is 374 Å². The maximum atomic E-state index is 14.3. The van der Waals surface area contributed by atoms with E-state index in [1.165, 1.54) is 89.9 Å². The van der Waals surface area contributed by atoms with Crippen molar-refractivity contribution in [2.45, 2.75) is 369 Å². The highest BCUT2D eigenvalue weighted by Crippen LogP contribution is 2.49. The molecule has 2 aliphatic heterocycles. The van der Waals surface area contributed by atoms with E-state index in [0.29, 0.717) is 19.3 Å². The molecule has 18 atom stereocenters. The van der Waals surface area contributed by atoms with Gasteiger partial charge in [0.2, 0.25) is 0 Å². The van der Waals surface area contributed by atoms with Crippen molar-refractivity contribution in [3.05, 3.63) is 24.3 Å². The maximum absolute atomic E-state index is 14.3. The summed E-state index contributed by atoms with van der Waals surface area (Å²) in [6, 6.07) is 0. The van der Waals surface area contributed by atoms with E-state index in [1.54, 1.807) is 0 Å². The van der Waals surface area contributed by atoms with Crippen LogP contribution in [-0.4, -0.2) is 204 Å². The van der Waals surface area contributed by atoms with Crippen molar-refractivity contribution < 1.29 is 117 Å². The Morgan fingerprint density at radius 3 is 1.17 bits per heavy atom. The fourth-order valence-corrected chi connectivity index (χ4v) is 12.7. The maximum Gasteiger partial charge on any atom is 0.472 e. The predicted molar refractivity (Wildman–Crippen MR) is 351 cm³/mol. The first kappa shape index (κ1) is 85.7. The van der Waals surface area contributed by atoms with Gasteiger partial charge in [0, 0.05) is 19.3 Å². The van der Waals surface area contributed by atoms with E-state index >= 15 is 0 Å². The van der Waals surface area contributed by atoms with Crippen LogP contribution < -0.4 is 0 Å². The molecule has 18 unspecified atom stereocenters. The Labute approximate surface area is 560 Å². The Bertz CT molecular complexity index is 2050. The van der Waals surface area contributed by atoms with Gasteiger partial charge in [0.15, 0.2) is 18.7 Å². The first-order valence-corrected chi connectivity index (χ1v) is 37.6. The quantitative estimate of drug-likeness (QED) is 0.00889.